The van der Waals surface area contributed by atoms with Crippen molar-refractivity contribution in [3.05, 3.63) is 69.3 Å². The van der Waals surface area contributed by atoms with Crippen molar-refractivity contribution in [1.29, 1.82) is 15.8 Å². The summed E-state index contributed by atoms with van der Waals surface area (Å²) in [6.45, 7) is 13.2. The van der Waals surface area contributed by atoms with Gasteiger partial charge in [0.2, 0.25) is 35.5 Å². The Morgan fingerprint density at radius 1 is 0.596 bits per heavy atom. The molecule has 2 unspecified atom stereocenters. The Labute approximate surface area is 531 Å². The molecule has 3 N–H and O–H groups in total. The van der Waals surface area contributed by atoms with Crippen LogP contribution in [0.1, 0.15) is 101 Å². The molecule has 11 rings (SSSR count). The van der Waals surface area contributed by atoms with Gasteiger partial charge in [-0.25, -0.2) is 28.1 Å². The van der Waals surface area contributed by atoms with Crippen LogP contribution in [-0.4, -0.2) is 172 Å². The van der Waals surface area contributed by atoms with E-state index >= 15 is 0 Å². The summed E-state index contributed by atoms with van der Waals surface area (Å²) in [6.07, 6.45) is 14.5. The Morgan fingerprint density at radius 2 is 0.989 bits per heavy atom. The van der Waals surface area contributed by atoms with Crippen LogP contribution in [0.25, 0.3) is 0 Å². The first kappa shape index (κ1) is 66.1. The third-order valence-electron chi connectivity index (χ3n) is 16.8. The van der Waals surface area contributed by atoms with E-state index in [2.05, 4.69) is 89.2 Å². The number of rotatable bonds is 18. The van der Waals surface area contributed by atoms with Gasteiger partial charge in [0.25, 0.3) is 0 Å². The summed E-state index contributed by atoms with van der Waals surface area (Å²) in [5.41, 5.74) is 0.925. The Balaban J connectivity index is 0.000000159. The van der Waals surface area contributed by atoms with Crippen molar-refractivity contribution < 1.29 is 27.4 Å². The first-order chi connectivity index (χ1) is 42.4. The Kier molecular flexibility index (Phi) is 21.3. The van der Waals surface area contributed by atoms with E-state index in [9.17, 15) is 18.4 Å². The summed E-state index contributed by atoms with van der Waals surface area (Å²) in [5, 5.41) is 50.7. The molecule has 3 saturated heterocycles. The average molecular weight is 1290 g/mol. The van der Waals surface area contributed by atoms with E-state index in [0.29, 0.717) is 81.7 Å². The number of nitriles is 3. The van der Waals surface area contributed by atoms with E-state index < -0.39 is 23.0 Å². The fourth-order valence-corrected chi connectivity index (χ4v) is 10.9. The predicted octanol–water partition coefficient (Wildman–Crippen LogP) is 10.6. The van der Waals surface area contributed by atoms with Crippen molar-refractivity contribution in [2.45, 2.75) is 128 Å². The second-order valence-corrected chi connectivity index (χ2v) is 25.6. The molecular weight excluding hydrogens is 1210 g/mol. The molecule has 0 radical (unpaired) electrons. The van der Waals surface area contributed by atoms with Crippen LogP contribution in [-0.2, 0) is 5.54 Å². The minimum atomic E-state index is -1.39. The second-order valence-electron chi connectivity index (χ2n) is 24.4. The molecule has 0 amide bonds. The number of anilines is 6. The molecule has 0 spiro atoms. The van der Waals surface area contributed by atoms with Gasteiger partial charge in [0, 0.05) is 51.0 Å². The zero-order valence-electron chi connectivity index (χ0n) is 51.2. The number of hydrogen-bond donors (Lipinski definition) is 3. The van der Waals surface area contributed by atoms with Crippen molar-refractivity contribution in [1.82, 2.24) is 73.9 Å². The molecule has 30 heteroatoms. The van der Waals surface area contributed by atoms with Crippen LogP contribution in [0.4, 0.5) is 48.1 Å². The Bertz CT molecular complexity index is 3520. The van der Waals surface area contributed by atoms with Gasteiger partial charge in [-0.05, 0) is 120 Å². The molecule has 2 saturated carbocycles. The summed E-state index contributed by atoms with van der Waals surface area (Å²) in [6, 6.07) is 7.25. The van der Waals surface area contributed by atoms with E-state index in [1.165, 1.54) is 18.6 Å². The molecule has 0 bridgehead atoms. The van der Waals surface area contributed by atoms with E-state index in [1.807, 2.05) is 68.6 Å². The maximum atomic E-state index is 14.9. The summed E-state index contributed by atoms with van der Waals surface area (Å²) < 4.78 is 66.5. The number of piperidine rings is 3. The fourth-order valence-electron chi connectivity index (χ4n) is 10.4. The molecule has 89 heavy (non-hydrogen) atoms. The van der Waals surface area contributed by atoms with E-state index in [4.69, 9.17) is 59.5 Å². The molecule has 0 aromatic carbocycles. The summed E-state index contributed by atoms with van der Waals surface area (Å²) in [5.74, 6) is 1.46. The third-order valence-corrected chi connectivity index (χ3v) is 17.6. The largest absolute Gasteiger partial charge is 0.476 e. The molecule has 3 aliphatic heterocycles. The number of aromatic nitrogens is 12. The minimum Gasteiger partial charge on any atom is -0.476 e. The highest BCUT2D eigenvalue weighted by Gasteiger charge is 2.38. The molecule has 2 aliphatic carbocycles. The Morgan fingerprint density at radius 3 is 1.38 bits per heavy atom. The van der Waals surface area contributed by atoms with Gasteiger partial charge in [0.15, 0.2) is 0 Å². The van der Waals surface area contributed by atoms with Crippen molar-refractivity contribution in [2.24, 2.45) is 17.8 Å². The molecule has 2 atom stereocenters. The minimum absolute atomic E-state index is 0.0876. The van der Waals surface area contributed by atoms with Crippen LogP contribution in [0, 0.1) is 72.5 Å². The summed E-state index contributed by atoms with van der Waals surface area (Å²) in [7, 11) is 5.87. The third kappa shape index (κ3) is 17.1. The van der Waals surface area contributed by atoms with Gasteiger partial charge in [0.05, 0.1) is 108 Å². The smallest absolute Gasteiger partial charge is 0.237 e. The van der Waals surface area contributed by atoms with Crippen LogP contribution < -0.4 is 30.2 Å². The van der Waals surface area contributed by atoms with Gasteiger partial charge < -0.3 is 44.9 Å². The van der Waals surface area contributed by atoms with Gasteiger partial charge in [-0.15, -0.1) is 0 Å². The van der Waals surface area contributed by atoms with Crippen LogP contribution >= 0.6 is 34.8 Å². The van der Waals surface area contributed by atoms with Crippen LogP contribution in [0.3, 0.4) is 0 Å². The molecule has 24 nitrogen and oxygen atoms in total. The van der Waals surface area contributed by atoms with Gasteiger partial charge in [-0.2, -0.15) is 46.0 Å². The topological polar surface area (TPSA) is 276 Å². The zero-order chi connectivity index (χ0) is 63.8. The lowest BCUT2D eigenvalue weighted by molar-refractivity contribution is 0.0230. The zero-order valence-corrected chi connectivity index (χ0v) is 53.5. The molecule has 5 fully saturated rings. The molecule has 476 valence electrons. The maximum absolute atomic E-state index is 14.9. The molecule has 6 aromatic rings. The van der Waals surface area contributed by atoms with Crippen LogP contribution in [0.15, 0.2) is 37.2 Å². The lowest BCUT2D eigenvalue weighted by Gasteiger charge is -2.34. The summed E-state index contributed by atoms with van der Waals surface area (Å²) in [4.78, 5) is 31.7. The molecule has 5 aliphatic rings. The lowest BCUT2D eigenvalue weighted by atomic mass is 9.81. The van der Waals surface area contributed by atoms with E-state index in [0.717, 1.165) is 61.4 Å². The maximum Gasteiger partial charge on any atom is 0.237 e. The van der Waals surface area contributed by atoms with Crippen molar-refractivity contribution in [3.63, 3.8) is 0 Å². The van der Waals surface area contributed by atoms with Gasteiger partial charge >= 0.3 is 0 Å². The monoisotopic (exact) mass is 1290 g/mol. The number of hydrogen-bond acceptors (Lipinski definition) is 21. The van der Waals surface area contributed by atoms with E-state index in [-0.39, 0.29) is 88.3 Å². The van der Waals surface area contributed by atoms with Gasteiger partial charge in [-0.3, -0.25) is 14.0 Å². The number of halogens is 6. The molecule has 6 aromatic heterocycles. The van der Waals surface area contributed by atoms with Crippen LogP contribution in [0.2, 0.25) is 15.1 Å². The SMILES string of the molecule is Cc1nn(C(C)(C)C#N)cc1Nc1ncc(Cl)c(OCC2(F)CCN(C)CC2)n1.Cc1nn(C2CC(C#N)C2)cc1Nc1ncc(Cl)c(OCC2(F)CCN(C)CC2)n1.Cc1nn(C2CC(C#N)C2)cc1Nc1ncc(Cl)c(OCC2CCN(C)CC2F)n1. The average Bonchev–Trinajstić information content (AvgIpc) is 2.14. The summed E-state index contributed by atoms with van der Waals surface area (Å²) >= 11 is 18.5. The lowest BCUT2D eigenvalue weighted by Crippen LogP contribution is -2.43. The highest BCUT2D eigenvalue weighted by atomic mass is 35.5. The number of likely N-dealkylation sites (tertiary alicyclic amines) is 3. The van der Waals surface area contributed by atoms with Crippen molar-refractivity contribution >= 4 is 69.7 Å². The number of nitrogens with zero attached hydrogens (tertiary/aromatic N) is 18. The number of alkyl halides is 3. The predicted molar refractivity (Wildman–Crippen MR) is 330 cm³/mol. The van der Waals surface area contributed by atoms with Crippen LogP contribution in [0.5, 0.6) is 17.6 Å². The highest BCUT2D eigenvalue weighted by molar-refractivity contribution is 6.32. The van der Waals surface area contributed by atoms with Crippen molar-refractivity contribution in [2.75, 3.05) is 96.2 Å². The number of ether oxygens (including phenoxy) is 3. The highest BCUT2D eigenvalue weighted by Crippen LogP contribution is 2.40. The first-order valence-electron chi connectivity index (χ1n) is 29.6. The second kappa shape index (κ2) is 28.7. The molecule has 9 heterocycles. The quantitative estimate of drug-likeness (QED) is 0.0721. The van der Waals surface area contributed by atoms with Crippen molar-refractivity contribution in [3.8, 4) is 35.8 Å². The standard InChI is InChI=1S/2C20H25ClFN7O.C19H25ClFN7O/c1-13-17(11-29(27-13)15-7-14(8-15)9-23)25-19-24-10-16(21)18(26-19)30-12-20(22)3-5-28(2)6-4-20;1-12-18(10-29(27-12)15-5-13(6-15)7-23)25-20-24-8-16(21)19(26-20)30-11-14-3-4-28(2)9-17(14)22;1-13-15(10-28(26-13)18(2,3)11-22)24-17-23-9-14(20)16(25-17)29-12-19(21)5-7-27(4)8-6-19/h10-11,14-15H,3-8,12H2,1-2H3,(H,24,25,26);8,10,13-15,17H,3-6,9,11H2,1-2H3,(H,24,25,26);9-10H,5-8,12H2,1-4H3,(H,23,24,25). The van der Waals surface area contributed by atoms with Gasteiger partial charge in [0.1, 0.15) is 51.3 Å². The number of nitrogens with one attached hydrogen (secondary N) is 3. The first-order valence-corrected chi connectivity index (χ1v) is 30.8. The van der Waals surface area contributed by atoms with Gasteiger partial charge in [-0.1, -0.05) is 34.8 Å². The Hall–Kier alpha value is -7.32. The fraction of sp³-hybridized carbons (Fsp3) is 0.593. The molecular formula is C59H75Cl3F3N21O3. The number of aryl methyl sites for hydroxylation is 3. The normalized spacial score (nSPS) is 22.4. The van der Waals surface area contributed by atoms with E-state index in [1.54, 1.807) is 24.7 Å².